The summed E-state index contributed by atoms with van der Waals surface area (Å²) in [7, 11) is 0. The van der Waals surface area contributed by atoms with Gasteiger partial charge in [-0.15, -0.1) is 0 Å². The molecule has 0 saturated carbocycles. The second kappa shape index (κ2) is 11.1. The summed E-state index contributed by atoms with van der Waals surface area (Å²) in [6, 6.07) is 8.12. The Kier molecular flexibility index (Phi) is 8.56. The first kappa shape index (κ1) is 24.6. The van der Waals surface area contributed by atoms with Crippen LogP contribution in [0.2, 0.25) is 0 Å². The monoisotopic (exact) mass is 454 g/mol. The largest absolute Gasteiger partial charge is 0.475 e. The average Bonchev–Trinajstić information content (AvgIpc) is 2.73. The maximum Gasteiger partial charge on any atom is 0.417 e. The van der Waals surface area contributed by atoms with Crippen LogP contribution in [0.1, 0.15) is 32.8 Å². The zero-order valence-electron chi connectivity index (χ0n) is 17.5. The third kappa shape index (κ3) is 7.56. The Balaban J connectivity index is 2.01. The second-order valence-electron chi connectivity index (χ2n) is 6.41. The molecule has 0 aliphatic rings. The lowest BCUT2D eigenvalue weighted by atomic mass is 10.3. The van der Waals surface area contributed by atoms with Crippen molar-refractivity contribution < 1.29 is 41.8 Å². The minimum atomic E-state index is -4.51. The van der Waals surface area contributed by atoms with Gasteiger partial charge >= 0.3 is 18.1 Å². The number of pyridine rings is 1. The Morgan fingerprint density at radius 3 is 2.41 bits per heavy atom. The molecule has 8 nitrogen and oxygen atoms in total. The lowest BCUT2D eigenvalue weighted by Gasteiger charge is -2.15. The van der Waals surface area contributed by atoms with E-state index in [9.17, 15) is 22.8 Å². The third-order valence-corrected chi connectivity index (χ3v) is 3.76. The van der Waals surface area contributed by atoms with Gasteiger partial charge in [0.15, 0.2) is 17.6 Å². The van der Waals surface area contributed by atoms with Gasteiger partial charge in [0, 0.05) is 12.3 Å². The highest BCUT2D eigenvalue weighted by molar-refractivity contribution is 5.97. The van der Waals surface area contributed by atoms with E-state index in [1.54, 1.807) is 19.1 Å². The number of aromatic nitrogens is 1. The SMILES string of the molecule is CCOC(=O)CC(C)=NOC(=O)[C@@H](C)Oc1ccccc1Oc1ccc(C(F)(F)F)cn1. The number of carbonyl (C=O) groups is 2. The number of ether oxygens (including phenoxy) is 3. The molecule has 0 spiro atoms. The summed E-state index contributed by atoms with van der Waals surface area (Å²) < 4.78 is 53.8. The smallest absolute Gasteiger partial charge is 0.417 e. The van der Waals surface area contributed by atoms with E-state index in [0.29, 0.717) is 6.20 Å². The van der Waals surface area contributed by atoms with Crippen LogP contribution < -0.4 is 9.47 Å². The molecule has 0 fully saturated rings. The molecule has 1 heterocycles. The molecule has 0 radical (unpaired) electrons. The molecule has 172 valence electrons. The quantitative estimate of drug-likeness (QED) is 0.238. The van der Waals surface area contributed by atoms with Crippen LogP contribution in [0.25, 0.3) is 0 Å². The van der Waals surface area contributed by atoms with Gasteiger partial charge in [-0.05, 0) is 39.0 Å². The van der Waals surface area contributed by atoms with Crippen molar-refractivity contribution in [3.8, 4) is 17.4 Å². The lowest BCUT2D eigenvalue weighted by Crippen LogP contribution is -2.25. The summed E-state index contributed by atoms with van der Waals surface area (Å²) in [5, 5.41) is 3.58. The van der Waals surface area contributed by atoms with E-state index in [1.807, 2.05) is 0 Å². The molecule has 1 atom stereocenters. The van der Waals surface area contributed by atoms with Gasteiger partial charge in [-0.25, -0.2) is 9.78 Å². The molecule has 1 aromatic carbocycles. The van der Waals surface area contributed by atoms with Crippen LogP contribution in [0.3, 0.4) is 0 Å². The van der Waals surface area contributed by atoms with E-state index in [4.69, 9.17) is 19.0 Å². The predicted octanol–water partition coefficient (Wildman–Crippen LogP) is 4.53. The van der Waals surface area contributed by atoms with Gasteiger partial charge < -0.3 is 19.0 Å². The highest BCUT2D eigenvalue weighted by atomic mass is 19.4. The molecular formula is C21H21F3N2O6. The number of oxime groups is 1. The van der Waals surface area contributed by atoms with Crippen molar-refractivity contribution in [3.63, 3.8) is 0 Å². The van der Waals surface area contributed by atoms with Crippen LogP contribution in [-0.4, -0.2) is 35.3 Å². The van der Waals surface area contributed by atoms with E-state index < -0.39 is 29.8 Å². The Hall–Kier alpha value is -3.63. The molecule has 0 N–H and O–H groups in total. The summed E-state index contributed by atoms with van der Waals surface area (Å²) in [5.74, 6) is -1.18. The first-order valence-electron chi connectivity index (χ1n) is 9.47. The summed E-state index contributed by atoms with van der Waals surface area (Å²) in [4.78, 5) is 31.9. The molecule has 0 aliphatic heterocycles. The summed E-state index contributed by atoms with van der Waals surface area (Å²) in [6.07, 6.45) is -5.11. The van der Waals surface area contributed by atoms with Gasteiger partial charge in [-0.3, -0.25) is 4.79 Å². The van der Waals surface area contributed by atoms with Crippen molar-refractivity contribution in [2.24, 2.45) is 5.16 Å². The maximum absolute atomic E-state index is 12.7. The molecular weight excluding hydrogens is 433 g/mol. The van der Waals surface area contributed by atoms with E-state index in [0.717, 1.165) is 12.1 Å². The van der Waals surface area contributed by atoms with Gasteiger partial charge in [-0.2, -0.15) is 13.2 Å². The first-order chi connectivity index (χ1) is 15.1. The summed E-state index contributed by atoms with van der Waals surface area (Å²) in [5.41, 5.74) is -0.675. The normalized spacial score (nSPS) is 12.6. The third-order valence-electron chi connectivity index (χ3n) is 3.76. The Labute approximate surface area is 181 Å². The Morgan fingerprint density at radius 1 is 1.12 bits per heavy atom. The second-order valence-corrected chi connectivity index (χ2v) is 6.41. The average molecular weight is 454 g/mol. The molecule has 32 heavy (non-hydrogen) atoms. The molecule has 2 rings (SSSR count). The number of para-hydroxylation sites is 2. The maximum atomic E-state index is 12.7. The van der Waals surface area contributed by atoms with Gasteiger partial charge in [0.2, 0.25) is 5.88 Å². The van der Waals surface area contributed by atoms with Crippen molar-refractivity contribution in [2.75, 3.05) is 6.61 Å². The van der Waals surface area contributed by atoms with Crippen LogP contribution >= 0.6 is 0 Å². The molecule has 2 aromatic rings. The van der Waals surface area contributed by atoms with Crippen LogP contribution in [-0.2, 0) is 25.3 Å². The molecule has 0 amide bonds. The molecule has 11 heteroatoms. The van der Waals surface area contributed by atoms with Gasteiger partial charge in [0.1, 0.15) is 0 Å². The summed E-state index contributed by atoms with van der Waals surface area (Å²) >= 11 is 0. The topological polar surface area (TPSA) is 96.3 Å². The number of alkyl halides is 3. The van der Waals surface area contributed by atoms with Crippen LogP contribution in [0.5, 0.6) is 17.4 Å². The fourth-order valence-corrected chi connectivity index (χ4v) is 2.24. The van der Waals surface area contributed by atoms with Crippen molar-refractivity contribution in [1.29, 1.82) is 0 Å². The number of carbonyl (C=O) groups excluding carboxylic acids is 2. The molecule has 0 bridgehead atoms. The zero-order valence-corrected chi connectivity index (χ0v) is 17.5. The number of benzene rings is 1. The number of hydrogen-bond donors (Lipinski definition) is 0. The molecule has 1 aromatic heterocycles. The van der Waals surface area contributed by atoms with Gasteiger partial charge in [0.25, 0.3) is 0 Å². The van der Waals surface area contributed by atoms with E-state index in [2.05, 4.69) is 10.1 Å². The highest BCUT2D eigenvalue weighted by Gasteiger charge is 2.30. The molecule has 0 aliphatic carbocycles. The van der Waals surface area contributed by atoms with Crippen molar-refractivity contribution in [3.05, 3.63) is 48.2 Å². The van der Waals surface area contributed by atoms with Crippen molar-refractivity contribution in [2.45, 2.75) is 39.5 Å². The minimum absolute atomic E-state index is 0.0940. The van der Waals surface area contributed by atoms with Gasteiger partial charge in [0.05, 0.1) is 24.3 Å². The van der Waals surface area contributed by atoms with Crippen molar-refractivity contribution >= 4 is 17.7 Å². The van der Waals surface area contributed by atoms with Crippen molar-refractivity contribution in [1.82, 2.24) is 4.98 Å². The Morgan fingerprint density at radius 2 is 1.81 bits per heavy atom. The highest BCUT2D eigenvalue weighted by Crippen LogP contribution is 2.33. The zero-order chi connectivity index (χ0) is 23.7. The fraction of sp³-hybridized carbons (Fsp3) is 0.333. The van der Waals surface area contributed by atoms with Crippen LogP contribution in [0.4, 0.5) is 13.2 Å². The number of rotatable bonds is 9. The standard InChI is InChI=1S/C21H21F3N2O6/c1-4-29-19(27)11-13(2)26-32-20(28)14(3)30-16-7-5-6-8-17(16)31-18-10-9-15(12-25-18)21(22,23)24/h5-10,12,14H,4,11H2,1-3H3/t14-/m1/s1. The lowest BCUT2D eigenvalue weighted by molar-refractivity contribution is -0.151. The molecule has 0 saturated heterocycles. The van der Waals surface area contributed by atoms with Crippen LogP contribution in [0.15, 0.2) is 47.8 Å². The number of hydrogen-bond acceptors (Lipinski definition) is 8. The predicted molar refractivity (Wildman–Crippen MR) is 106 cm³/mol. The van der Waals surface area contributed by atoms with E-state index >= 15 is 0 Å². The number of esters is 1. The van der Waals surface area contributed by atoms with Gasteiger partial charge in [-0.1, -0.05) is 17.3 Å². The fourth-order valence-electron chi connectivity index (χ4n) is 2.24. The van der Waals surface area contributed by atoms with Crippen LogP contribution in [0, 0.1) is 0 Å². The van der Waals surface area contributed by atoms with E-state index in [1.165, 1.54) is 26.0 Å². The number of halogens is 3. The minimum Gasteiger partial charge on any atom is -0.475 e. The number of nitrogens with zero attached hydrogens (tertiary/aromatic N) is 2. The summed E-state index contributed by atoms with van der Waals surface area (Å²) in [6.45, 7) is 4.79. The first-order valence-corrected chi connectivity index (χ1v) is 9.47. The van der Waals surface area contributed by atoms with E-state index in [-0.39, 0.29) is 36.1 Å². The Bertz CT molecular complexity index is 961. The molecule has 0 unspecified atom stereocenters.